The largest absolute Gasteiger partial charge is 0.332 e. The van der Waals surface area contributed by atoms with Crippen molar-refractivity contribution in [3.8, 4) is 0 Å². The Balaban J connectivity index is 2.01. The van der Waals surface area contributed by atoms with Crippen LogP contribution in [0.3, 0.4) is 0 Å². The summed E-state index contributed by atoms with van der Waals surface area (Å²) in [6, 6.07) is 19.1. The van der Waals surface area contributed by atoms with Gasteiger partial charge in [0.2, 0.25) is 5.91 Å². The fourth-order valence-electron chi connectivity index (χ4n) is 3.87. The third-order valence-corrected chi connectivity index (χ3v) is 5.08. The maximum absolute atomic E-state index is 13.3. The van der Waals surface area contributed by atoms with E-state index >= 15 is 0 Å². The molecule has 0 aromatic heterocycles. The minimum absolute atomic E-state index is 0.0256. The van der Waals surface area contributed by atoms with Crippen LogP contribution in [0.4, 0.5) is 0 Å². The Kier molecular flexibility index (Phi) is 4.51. The highest BCUT2D eigenvalue weighted by atomic mass is 16.2. The Morgan fingerprint density at radius 3 is 2.43 bits per heavy atom. The summed E-state index contributed by atoms with van der Waals surface area (Å²) in [7, 11) is 0. The topological polar surface area (TPSA) is 20.3 Å². The van der Waals surface area contributed by atoms with Gasteiger partial charge in [-0.1, -0.05) is 61.5 Å². The summed E-state index contributed by atoms with van der Waals surface area (Å²) in [6.45, 7) is 6.43. The van der Waals surface area contributed by atoms with E-state index in [0.29, 0.717) is 0 Å². The molecule has 23 heavy (non-hydrogen) atoms. The van der Waals surface area contributed by atoms with Gasteiger partial charge in [-0.15, -0.1) is 0 Å². The van der Waals surface area contributed by atoms with Crippen molar-refractivity contribution in [1.82, 2.24) is 4.90 Å². The Hall–Kier alpha value is -2.09. The molecule has 0 spiro atoms. The molecule has 0 aliphatic carbocycles. The summed E-state index contributed by atoms with van der Waals surface area (Å²) in [5, 5.41) is 0. The first-order chi connectivity index (χ1) is 11.1. The SMILES string of the molecule is CC[C@H]1C(=O)N([C@H](C)c2ccccc2)[C@H](C)Cc2ccccc21. The van der Waals surface area contributed by atoms with Crippen molar-refractivity contribution in [2.75, 3.05) is 0 Å². The summed E-state index contributed by atoms with van der Waals surface area (Å²) in [5.41, 5.74) is 3.74. The van der Waals surface area contributed by atoms with Crippen LogP contribution in [0.1, 0.15) is 55.8 Å². The molecule has 2 heteroatoms. The molecule has 0 unspecified atom stereocenters. The number of amides is 1. The lowest BCUT2D eigenvalue weighted by Crippen LogP contribution is -2.42. The molecule has 1 amide bonds. The monoisotopic (exact) mass is 307 g/mol. The molecule has 3 atom stereocenters. The quantitative estimate of drug-likeness (QED) is 0.804. The number of nitrogens with zero attached hydrogens (tertiary/aromatic N) is 1. The molecular weight excluding hydrogens is 282 g/mol. The van der Waals surface area contributed by atoms with E-state index in [9.17, 15) is 4.79 Å². The fraction of sp³-hybridized carbons (Fsp3) is 0.381. The summed E-state index contributed by atoms with van der Waals surface area (Å²) < 4.78 is 0. The maximum atomic E-state index is 13.3. The molecule has 120 valence electrons. The molecule has 2 aromatic carbocycles. The molecular formula is C21H25NO. The summed E-state index contributed by atoms with van der Waals surface area (Å²) in [6.07, 6.45) is 1.77. The molecule has 0 saturated carbocycles. The van der Waals surface area contributed by atoms with Crippen LogP contribution in [-0.4, -0.2) is 16.8 Å². The first-order valence-electron chi connectivity index (χ1n) is 8.58. The molecule has 0 bridgehead atoms. The van der Waals surface area contributed by atoms with Crippen molar-refractivity contribution in [2.24, 2.45) is 0 Å². The number of fused-ring (bicyclic) bond motifs is 1. The Morgan fingerprint density at radius 2 is 1.74 bits per heavy atom. The van der Waals surface area contributed by atoms with Crippen LogP contribution < -0.4 is 0 Å². The minimum atomic E-state index is -0.0256. The van der Waals surface area contributed by atoms with Gasteiger partial charge in [-0.25, -0.2) is 0 Å². The molecule has 1 heterocycles. The van der Waals surface area contributed by atoms with Gasteiger partial charge < -0.3 is 4.90 Å². The van der Waals surface area contributed by atoms with Crippen LogP contribution in [-0.2, 0) is 11.2 Å². The number of hydrogen-bond acceptors (Lipinski definition) is 1. The minimum Gasteiger partial charge on any atom is -0.332 e. The third-order valence-electron chi connectivity index (χ3n) is 5.08. The molecule has 3 rings (SSSR count). The summed E-state index contributed by atoms with van der Waals surface area (Å²) in [5.74, 6) is 0.239. The summed E-state index contributed by atoms with van der Waals surface area (Å²) in [4.78, 5) is 15.4. The highest BCUT2D eigenvalue weighted by Gasteiger charge is 2.35. The Bertz CT molecular complexity index is 679. The van der Waals surface area contributed by atoms with E-state index in [1.54, 1.807) is 0 Å². The standard InChI is InChI=1S/C21H25NO/c1-4-19-20-13-9-8-12-18(20)14-15(2)22(21(19)23)16(3)17-10-6-5-7-11-17/h5-13,15-16,19H,4,14H2,1-3H3/t15-,16-,19-/m1/s1. The molecule has 1 aliphatic heterocycles. The maximum Gasteiger partial charge on any atom is 0.230 e. The van der Waals surface area contributed by atoms with Crippen molar-refractivity contribution < 1.29 is 4.79 Å². The van der Waals surface area contributed by atoms with E-state index in [-0.39, 0.29) is 23.9 Å². The van der Waals surface area contributed by atoms with Crippen LogP contribution >= 0.6 is 0 Å². The van der Waals surface area contributed by atoms with E-state index in [1.165, 1.54) is 16.7 Å². The van der Waals surface area contributed by atoms with Gasteiger partial charge in [0.1, 0.15) is 0 Å². The van der Waals surface area contributed by atoms with Crippen LogP contribution in [0.15, 0.2) is 54.6 Å². The number of benzene rings is 2. The number of hydrogen-bond donors (Lipinski definition) is 0. The number of carbonyl (C=O) groups is 1. The van der Waals surface area contributed by atoms with Crippen molar-refractivity contribution in [2.45, 2.75) is 51.6 Å². The molecule has 0 N–H and O–H groups in total. The highest BCUT2D eigenvalue weighted by Crippen LogP contribution is 2.35. The summed E-state index contributed by atoms with van der Waals surface area (Å²) >= 11 is 0. The Labute approximate surface area is 139 Å². The zero-order valence-corrected chi connectivity index (χ0v) is 14.2. The zero-order valence-electron chi connectivity index (χ0n) is 14.2. The molecule has 1 aliphatic rings. The fourth-order valence-corrected chi connectivity index (χ4v) is 3.87. The molecule has 0 radical (unpaired) electrons. The zero-order chi connectivity index (χ0) is 16.4. The van der Waals surface area contributed by atoms with Gasteiger partial charge in [-0.05, 0) is 43.4 Å². The highest BCUT2D eigenvalue weighted by molar-refractivity contribution is 5.85. The number of rotatable bonds is 3. The van der Waals surface area contributed by atoms with Crippen molar-refractivity contribution in [3.05, 3.63) is 71.3 Å². The smallest absolute Gasteiger partial charge is 0.230 e. The van der Waals surface area contributed by atoms with E-state index in [4.69, 9.17) is 0 Å². The first-order valence-corrected chi connectivity index (χ1v) is 8.58. The molecule has 2 aromatic rings. The van der Waals surface area contributed by atoms with Crippen molar-refractivity contribution in [3.63, 3.8) is 0 Å². The van der Waals surface area contributed by atoms with E-state index in [0.717, 1.165) is 12.8 Å². The van der Waals surface area contributed by atoms with Gasteiger partial charge in [0.15, 0.2) is 0 Å². The molecule has 0 saturated heterocycles. The third kappa shape index (κ3) is 2.90. The van der Waals surface area contributed by atoms with Gasteiger partial charge in [-0.3, -0.25) is 4.79 Å². The van der Waals surface area contributed by atoms with E-state index < -0.39 is 0 Å². The van der Waals surface area contributed by atoms with Gasteiger partial charge in [0.25, 0.3) is 0 Å². The lowest BCUT2D eigenvalue weighted by Gasteiger charge is -2.35. The van der Waals surface area contributed by atoms with Gasteiger partial charge in [0.05, 0.1) is 12.0 Å². The van der Waals surface area contributed by atoms with E-state index in [1.807, 2.05) is 18.2 Å². The first kappa shape index (κ1) is 15.8. The van der Waals surface area contributed by atoms with Gasteiger partial charge in [0, 0.05) is 6.04 Å². The predicted octanol–water partition coefficient (Wildman–Crippen LogP) is 4.71. The lowest BCUT2D eigenvalue weighted by molar-refractivity contribution is -0.137. The van der Waals surface area contributed by atoms with Crippen molar-refractivity contribution >= 4 is 5.91 Å². The average Bonchev–Trinajstić information content (AvgIpc) is 2.68. The molecule has 2 nitrogen and oxygen atoms in total. The predicted molar refractivity (Wildman–Crippen MR) is 94.3 cm³/mol. The van der Waals surface area contributed by atoms with Crippen LogP contribution in [0.2, 0.25) is 0 Å². The second-order valence-corrected chi connectivity index (χ2v) is 6.54. The average molecular weight is 307 g/mol. The van der Waals surface area contributed by atoms with Crippen LogP contribution in [0.25, 0.3) is 0 Å². The van der Waals surface area contributed by atoms with Gasteiger partial charge in [-0.2, -0.15) is 0 Å². The normalized spacial score (nSPS) is 22.4. The second kappa shape index (κ2) is 6.57. The van der Waals surface area contributed by atoms with Crippen LogP contribution in [0.5, 0.6) is 0 Å². The molecule has 0 fully saturated rings. The van der Waals surface area contributed by atoms with Crippen molar-refractivity contribution in [1.29, 1.82) is 0 Å². The van der Waals surface area contributed by atoms with E-state index in [2.05, 4.69) is 62.1 Å². The Morgan fingerprint density at radius 1 is 1.09 bits per heavy atom. The van der Waals surface area contributed by atoms with Gasteiger partial charge >= 0.3 is 0 Å². The number of carbonyl (C=O) groups excluding carboxylic acids is 1. The lowest BCUT2D eigenvalue weighted by atomic mass is 9.91. The second-order valence-electron chi connectivity index (χ2n) is 6.54. The van der Waals surface area contributed by atoms with Crippen LogP contribution in [0, 0.1) is 0 Å².